The van der Waals surface area contributed by atoms with Gasteiger partial charge in [-0.05, 0) is 31.0 Å². The van der Waals surface area contributed by atoms with Crippen molar-refractivity contribution < 1.29 is 5.11 Å². The molecule has 3 heteroatoms. The van der Waals surface area contributed by atoms with Crippen molar-refractivity contribution in [3.05, 3.63) is 36.0 Å². The number of aliphatic hydroxyl groups is 1. The van der Waals surface area contributed by atoms with Crippen molar-refractivity contribution in [1.29, 1.82) is 0 Å². The Kier molecular flexibility index (Phi) is 3.11. The highest BCUT2D eigenvalue weighted by Gasteiger charge is 2.46. The first-order chi connectivity index (χ1) is 9.09. The molecule has 2 unspecified atom stereocenters. The van der Waals surface area contributed by atoms with Crippen LogP contribution < -0.4 is 5.32 Å². The summed E-state index contributed by atoms with van der Waals surface area (Å²) in [5, 5.41) is 14.6. The number of fused-ring (bicyclic) bond motifs is 1. The Bertz CT molecular complexity index is 573. The lowest BCUT2D eigenvalue weighted by molar-refractivity contribution is -0.0720. The van der Waals surface area contributed by atoms with Gasteiger partial charge in [0.15, 0.2) is 0 Å². The van der Waals surface area contributed by atoms with Gasteiger partial charge >= 0.3 is 0 Å². The zero-order valence-corrected chi connectivity index (χ0v) is 11.6. The summed E-state index contributed by atoms with van der Waals surface area (Å²) < 4.78 is 0. The Morgan fingerprint density at radius 1 is 1.37 bits per heavy atom. The van der Waals surface area contributed by atoms with E-state index in [9.17, 15) is 5.11 Å². The first-order valence-electron chi connectivity index (χ1n) is 7.05. The van der Waals surface area contributed by atoms with Crippen LogP contribution in [-0.2, 0) is 6.42 Å². The summed E-state index contributed by atoms with van der Waals surface area (Å²) in [6, 6.07) is 8.85. The van der Waals surface area contributed by atoms with Crippen LogP contribution in [0.2, 0.25) is 0 Å². The zero-order chi connectivity index (χ0) is 13.5. The number of rotatable bonds is 4. The van der Waals surface area contributed by atoms with Crippen LogP contribution in [-0.4, -0.2) is 28.8 Å². The first kappa shape index (κ1) is 12.7. The Balaban J connectivity index is 1.59. The molecule has 0 amide bonds. The lowest BCUT2D eigenvalue weighted by Gasteiger charge is -2.49. The minimum Gasteiger partial charge on any atom is -0.392 e. The van der Waals surface area contributed by atoms with Gasteiger partial charge in [-0.3, -0.25) is 0 Å². The Labute approximate surface area is 114 Å². The van der Waals surface area contributed by atoms with E-state index < -0.39 is 0 Å². The van der Waals surface area contributed by atoms with Crippen molar-refractivity contribution in [2.45, 2.75) is 38.8 Å². The van der Waals surface area contributed by atoms with Crippen molar-refractivity contribution in [3.63, 3.8) is 0 Å². The molecule has 1 fully saturated rings. The van der Waals surface area contributed by atoms with E-state index in [0.717, 1.165) is 19.4 Å². The molecule has 3 rings (SSSR count). The van der Waals surface area contributed by atoms with Crippen molar-refractivity contribution >= 4 is 10.9 Å². The predicted octanol–water partition coefficient (Wildman–Crippen LogP) is 2.46. The molecule has 19 heavy (non-hydrogen) atoms. The fraction of sp³-hybridized carbons (Fsp3) is 0.500. The topological polar surface area (TPSA) is 48.0 Å². The molecule has 1 heterocycles. The van der Waals surface area contributed by atoms with E-state index in [2.05, 4.69) is 54.6 Å². The highest BCUT2D eigenvalue weighted by atomic mass is 16.3. The van der Waals surface area contributed by atoms with Gasteiger partial charge < -0.3 is 15.4 Å². The number of aromatic amines is 1. The Hall–Kier alpha value is -1.32. The van der Waals surface area contributed by atoms with Gasteiger partial charge in [0.05, 0.1) is 6.10 Å². The average molecular weight is 258 g/mol. The number of aliphatic hydroxyl groups excluding tert-OH is 1. The summed E-state index contributed by atoms with van der Waals surface area (Å²) in [4.78, 5) is 3.31. The van der Waals surface area contributed by atoms with Crippen LogP contribution in [0.5, 0.6) is 0 Å². The second-order valence-electron chi connectivity index (χ2n) is 6.19. The molecule has 2 atom stereocenters. The summed E-state index contributed by atoms with van der Waals surface area (Å²) in [5.74, 6) is 0. The highest BCUT2D eigenvalue weighted by molar-refractivity contribution is 5.83. The summed E-state index contributed by atoms with van der Waals surface area (Å²) in [5.41, 5.74) is 2.58. The van der Waals surface area contributed by atoms with E-state index >= 15 is 0 Å². The molecule has 0 radical (unpaired) electrons. The highest BCUT2D eigenvalue weighted by Crippen LogP contribution is 2.40. The van der Waals surface area contributed by atoms with Crippen LogP contribution in [0.4, 0.5) is 0 Å². The molecule has 3 nitrogen and oxygen atoms in total. The number of hydrogen-bond acceptors (Lipinski definition) is 2. The van der Waals surface area contributed by atoms with Crippen molar-refractivity contribution in [3.8, 4) is 0 Å². The maximum absolute atomic E-state index is 9.73. The largest absolute Gasteiger partial charge is 0.392 e. The molecule has 0 spiro atoms. The molecule has 1 aromatic carbocycles. The van der Waals surface area contributed by atoms with E-state index in [1.807, 2.05) is 0 Å². The van der Waals surface area contributed by atoms with E-state index in [1.54, 1.807) is 0 Å². The summed E-state index contributed by atoms with van der Waals surface area (Å²) in [6.07, 6.45) is 3.85. The summed E-state index contributed by atoms with van der Waals surface area (Å²) in [7, 11) is 0. The molecule has 1 aromatic heterocycles. The van der Waals surface area contributed by atoms with Crippen LogP contribution in [0, 0.1) is 5.41 Å². The number of para-hydroxylation sites is 1. The van der Waals surface area contributed by atoms with Gasteiger partial charge in [0.2, 0.25) is 0 Å². The third kappa shape index (κ3) is 2.17. The molecular weight excluding hydrogens is 236 g/mol. The lowest BCUT2D eigenvalue weighted by atomic mass is 9.64. The smallest absolute Gasteiger partial charge is 0.0621 e. The Morgan fingerprint density at radius 3 is 2.89 bits per heavy atom. The van der Waals surface area contributed by atoms with Gasteiger partial charge in [-0.2, -0.15) is 0 Å². The molecule has 0 aliphatic heterocycles. The monoisotopic (exact) mass is 258 g/mol. The van der Waals surface area contributed by atoms with Crippen LogP contribution in [0.1, 0.15) is 25.8 Å². The second-order valence-corrected chi connectivity index (χ2v) is 6.19. The molecule has 2 aromatic rings. The lowest BCUT2D eigenvalue weighted by Crippen LogP contribution is -2.60. The van der Waals surface area contributed by atoms with Gasteiger partial charge in [0, 0.05) is 28.6 Å². The maximum Gasteiger partial charge on any atom is 0.0621 e. The van der Waals surface area contributed by atoms with Gasteiger partial charge in [-0.1, -0.05) is 32.0 Å². The van der Waals surface area contributed by atoms with E-state index in [4.69, 9.17) is 0 Å². The number of hydrogen-bond donors (Lipinski definition) is 3. The van der Waals surface area contributed by atoms with Crippen molar-refractivity contribution in [2.24, 2.45) is 5.41 Å². The van der Waals surface area contributed by atoms with Crippen molar-refractivity contribution in [2.75, 3.05) is 6.54 Å². The molecule has 3 N–H and O–H groups in total. The standard InChI is InChI=1S/C16H22N2O/c1-16(2)14(9-15(16)19)17-8-7-11-10-18-13-6-4-3-5-12(11)13/h3-6,10,14-15,17-19H,7-9H2,1-2H3. The predicted molar refractivity (Wildman–Crippen MR) is 78.2 cm³/mol. The number of benzene rings is 1. The molecule has 1 saturated carbocycles. The number of H-pyrrole nitrogens is 1. The normalized spacial score (nSPS) is 25.4. The summed E-state index contributed by atoms with van der Waals surface area (Å²) >= 11 is 0. The molecule has 102 valence electrons. The maximum atomic E-state index is 9.73. The number of nitrogens with one attached hydrogen (secondary N) is 2. The molecule has 0 bridgehead atoms. The van der Waals surface area contributed by atoms with Gasteiger partial charge in [-0.15, -0.1) is 0 Å². The molecule has 0 saturated heterocycles. The second kappa shape index (κ2) is 4.66. The fourth-order valence-electron chi connectivity index (χ4n) is 2.97. The van der Waals surface area contributed by atoms with Gasteiger partial charge in [-0.25, -0.2) is 0 Å². The third-order valence-electron chi connectivity index (χ3n) is 4.68. The first-order valence-corrected chi connectivity index (χ1v) is 7.05. The molecule has 1 aliphatic carbocycles. The van der Waals surface area contributed by atoms with Crippen molar-refractivity contribution in [1.82, 2.24) is 10.3 Å². The quantitative estimate of drug-likeness (QED) is 0.789. The average Bonchev–Trinajstić information content (AvgIpc) is 2.81. The van der Waals surface area contributed by atoms with E-state index in [-0.39, 0.29) is 11.5 Å². The van der Waals surface area contributed by atoms with Gasteiger partial charge in [0.25, 0.3) is 0 Å². The molecule has 1 aliphatic rings. The van der Waals surface area contributed by atoms with E-state index in [0.29, 0.717) is 6.04 Å². The fourth-order valence-corrected chi connectivity index (χ4v) is 2.97. The minimum absolute atomic E-state index is 0.0141. The van der Waals surface area contributed by atoms with Crippen LogP contribution in [0.15, 0.2) is 30.5 Å². The number of aromatic nitrogens is 1. The minimum atomic E-state index is -0.155. The van der Waals surface area contributed by atoms with Crippen LogP contribution >= 0.6 is 0 Å². The molecular formula is C16H22N2O. The van der Waals surface area contributed by atoms with Crippen LogP contribution in [0.25, 0.3) is 10.9 Å². The van der Waals surface area contributed by atoms with Gasteiger partial charge in [0.1, 0.15) is 0 Å². The van der Waals surface area contributed by atoms with E-state index in [1.165, 1.54) is 16.5 Å². The Morgan fingerprint density at radius 2 is 2.16 bits per heavy atom. The zero-order valence-electron chi connectivity index (χ0n) is 11.6. The SMILES string of the molecule is CC1(C)C(O)CC1NCCc1c[nH]c2ccccc12. The third-order valence-corrected chi connectivity index (χ3v) is 4.68. The summed E-state index contributed by atoms with van der Waals surface area (Å²) in [6.45, 7) is 5.22. The van der Waals surface area contributed by atoms with Crippen LogP contribution in [0.3, 0.4) is 0 Å².